The number of hydrogen-bond acceptors (Lipinski definition) is 1. The SMILES string of the molecule is C=Cc1ccc(N(S(C)(C)C)S(C)(C(C)(C)C)C(C)(C)C)cc1. The van der Waals surface area contributed by atoms with Crippen molar-refractivity contribution in [3.05, 3.63) is 36.4 Å². The smallest absolute Gasteiger partial charge is 0.0558 e. The Morgan fingerprint density at radius 1 is 0.826 bits per heavy atom. The van der Waals surface area contributed by atoms with Crippen molar-refractivity contribution in [2.45, 2.75) is 51.0 Å². The fourth-order valence-electron chi connectivity index (χ4n) is 3.12. The monoisotopic (exact) mass is 355 g/mol. The van der Waals surface area contributed by atoms with Crippen LogP contribution in [0.5, 0.6) is 0 Å². The summed E-state index contributed by atoms with van der Waals surface area (Å²) in [7, 11) is -2.01. The molecular formula is C20H37NS2. The highest BCUT2D eigenvalue weighted by molar-refractivity contribution is 8.50. The topological polar surface area (TPSA) is 3.24 Å². The van der Waals surface area contributed by atoms with Crippen LogP contribution in [-0.4, -0.2) is 34.5 Å². The molecule has 0 N–H and O–H groups in total. The van der Waals surface area contributed by atoms with Gasteiger partial charge in [0.1, 0.15) is 0 Å². The second-order valence-corrected chi connectivity index (χ2v) is 17.6. The van der Waals surface area contributed by atoms with Crippen molar-refractivity contribution < 1.29 is 0 Å². The summed E-state index contributed by atoms with van der Waals surface area (Å²) in [6.07, 6.45) is 11.7. The summed E-state index contributed by atoms with van der Waals surface area (Å²) in [5.74, 6) is 0. The highest BCUT2D eigenvalue weighted by Gasteiger charge is 2.48. The van der Waals surface area contributed by atoms with Crippen LogP contribution in [0.4, 0.5) is 5.69 Å². The van der Waals surface area contributed by atoms with Crippen LogP contribution in [0, 0.1) is 0 Å². The Balaban J connectivity index is 3.65. The normalized spacial score (nSPS) is 15.2. The summed E-state index contributed by atoms with van der Waals surface area (Å²) in [5.41, 5.74) is 2.53. The highest BCUT2D eigenvalue weighted by atomic mass is 32.3. The third-order valence-electron chi connectivity index (χ3n) is 4.55. The Kier molecular flexibility index (Phi) is 5.71. The molecule has 0 spiro atoms. The van der Waals surface area contributed by atoms with Gasteiger partial charge in [0.15, 0.2) is 0 Å². The Bertz CT molecular complexity index is 525. The zero-order valence-electron chi connectivity index (χ0n) is 16.9. The van der Waals surface area contributed by atoms with Gasteiger partial charge in [-0.05, 0) is 42.7 Å². The second-order valence-electron chi connectivity index (χ2n) is 8.93. The molecule has 134 valence electrons. The van der Waals surface area contributed by atoms with Crippen molar-refractivity contribution in [3.8, 4) is 0 Å². The molecule has 1 rings (SSSR count). The molecular weight excluding hydrogens is 318 g/mol. The highest BCUT2D eigenvalue weighted by Crippen LogP contribution is 2.74. The Morgan fingerprint density at radius 2 is 1.22 bits per heavy atom. The molecule has 0 radical (unpaired) electrons. The van der Waals surface area contributed by atoms with Gasteiger partial charge in [0.25, 0.3) is 0 Å². The van der Waals surface area contributed by atoms with Crippen LogP contribution in [0.15, 0.2) is 30.8 Å². The molecule has 23 heavy (non-hydrogen) atoms. The lowest BCUT2D eigenvalue weighted by atomic mass is 10.2. The van der Waals surface area contributed by atoms with E-state index >= 15 is 0 Å². The molecule has 0 heterocycles. The van der Waals surface area contributed by atoms with Gasteiger partial charge in [-0.3, -0.25) is 3.71 Å². The van der Waals surface area contributed by atoms with Gasteiger partial charge < -0.3 is 0 Å². The van der Waals surface area contributed by atoms with E-state index in [-0.39, 0.29) is 9.49 Å². The van der Waals surface area contributed by atoms with E-state index in [1.807, 2.05) is 6.08 Å². The minimum absolute atomic E-state index is 0.225. The molecule has 0 saturated carbocycles. The molecule has 0 aliphatic heterocycles. The van der Waals surface area contributed by atoms with E-state index in [4.69, 9.17) is 0 Å². The van der Waals surface area contributed by atoms with Gasteiger partial charge >= 0.3 is 0 Å². The van der Waals surface area contributed by atoms with Crippen LogP contribution in [0.3, 0.4) is 0 Å². The lowest BCUT2D eigenvalue weighted by molar-refractivity contribution is 0.712. The summed E-state index contributed by atoms with van der Waals surface area (Å²) in [6.45, 7) is 18.3. The first-order valence-corrected chi connectivity index (χ1v) is 13.0. The van der Waals surface area contributed by atoms with Crippen LogP contribution in [-0.2, 0) is 0 Å². The average molecular weight is 356 g/mol. The summed E-state index contributed by atoms with van der Waals surface area (Å²) < 4.78 is 3.23. The third kappa shape index (κ3) is 3.93. The summed E-state index contributed by atoms with van der Waals surface area (Å²) in [5, 5.41) is 0. The Hall–Kier alpha value is -0.540. The number of hydrogen-bond donors (Lipinski definition) is 0. The van der Waals surface area contributed by atoms with Gasteiger partial charge in [-0.25, -0.2) is 0 Å². The molecule has 0 unspecified atom stereocenters. The number of anilines is 1. The van der Waals surface area contributed by atoms with Crippen molar-refractivity contribution in [2.75, 3.05) is 28.7 Å². The zero-order chi connectivity index (χ0) is 18.3. The average Bonchev–Trinajstić information content (AvgIpc) is 2.35. The first-order chi connectivity index (χ1) is 10.2. The molecule has 0 atom stereocenters. The van der Waals surface area contributed by atoms with Crippen LogP contribution in [0.25, 0.3) is 6.08 Å². The first-order valence-electron chi connectivity index (χ1n) is 8.15. The molecule has 0 aliphatic rings. The van der Waals surface area contributed by atoms with Crippen LogP contribution < -0.4 is 3.71 Å². The minimum Gasteiger partial charge on any atom is -0.297 e. The van der Waals surface area contributed by atoms with Crippen molar-refractivity contribution in [2.24, 2.45) is 0 Å². The molecule has 1 aromatic rings. The lowest BCUT2D eigenvalue weighted by Crippen LogP contribution is -2.48. The zero-order valence-corrected chi connectivity index (χ0v) is 18.5. The van der Waals surface area contributed by atoms with Gasteiger partial charge in [0, 0.05) is 9.49 Å². The van der Waals surface area contributed by atoms with E-state index in [9.17, 15) is 0 Å². The van der Waals surface area contributed by atoms with Gasteiger partial charge in [-0.2, -0.15) is 20.4 Å². The van der Waals surface area contributed by atoms with Gasteiger partial charge in [0.05, 0.1) is 5.69 Å². The Morgan fingerprint density at radius 3 is 1.48 bits per heavy atom. The van der Waals surface area contributed by atoms with Crippen LogP contribution in [0.1, 0.15) is 47.1 Å². The molecule has 0 fully saturated rings. The fraction of sp³-hybridized carbons (Fsp3) is 0.600. The summed E-state index contributed by atoms with van der Waals surface area (Å²) in [4.78, 5) is 0. The van der Waals surface area contributed by atoms with E-state index in [1.54, 1.807) is 0 Å². The molecule has 3 heteroatoms. The third-order valence-corrected chi connectivity index (χ3v) is 13.6. The molecule has 0 bridgehead atoms. The minimum atomic E-state index is -1.10. The van der Waals surface area contributed by atoms with Crippen molar-refractivity contribution in [3.63, 3.8) is 0 Å². The standard InChI is InChI=1S/C20H37NS2/c1-12-17-13-15-18(16-14-17)21(22(8,9)10)23(11,19(2,3)4)20(5,6)7/h12-16H,1H2,2-11H3. The maximum Gasteiger partial charge on any atom is 0.0558 e. The summed E-state index contributed by atoms with van der Waals surface area (Å²) in [6, 6.07) is 8.92. The molecule has 1 nitrogen and oxygen atoms in total. The van der Waals surface area contributed by atoms with E-state index in [0.717, 1.165) is 0 Å². The van der Waals surface area contributed by atoms with E-state index in [0.29, 0.717) is 0 Å². The molecule has 0 aliphatic carbocycles. The van der Waals surface area contributed by atoms with Gasteiger partial charge in [0.2, 0.25) is 0 Å². The summed E-state index contributed by atoms with van der Waals surface area (Å²) >= 11 is 0. The predicted molar refractivity (Wildman–Crippen MR) is 117 cm³/mol. The number of rotatable bonds is 4. The lowest BCUT2D eigenvalue weighted by Gasteiger charge is -2.67. The van der Waals surface area contributed by atoms with E-state index < -0.39 is 20.4 Å². The van der Waals surface area contributed by atoms with Crippen LogP contribution in [0.2, 0.25) is 0 Å². The van der Waals surface area contributed by atoms with Crippen molar-refractivity contribution in [1.82, 2.24) is 0 Å². The molecule has 0 aromatic heterocycles. The van der Waals surface area contributed by atoms with E-state index in [2.05, 4.69) is 101 Å². The first kappa shape index (κ1) is 20.5. The quantitative estimate of drug-likeness (QED) is 0.581. The fourth-order valence-corrected chi connectivity index (χ4v) is 12.2. The van der Waals surface area contributed by atoms with Crippen molar-refractivity contribution in [1.29, 1.82) is 0 Å². The largest absolute Gasteiger partial charge is 0.297 e. The maximum atomic E-state index is 3.88. The maximum absolute atomic E-state index is 3.88. The van der Waals surface area contributed by atoms with E-state index in [1.165, 1.54) is 11.3 Å². The number of benzene rings is 1. The van der Waals surface area contributed by atoms with Crippen LogP contribution >= 0.6 is 20.4 Å². The van der Waals surface area contributed by atoms with Crippen molar-refractivity contribution >= 4 is 32.2 Å². The number of nitrogens with zero attached hydrogens (tertiary/aromatic N) is 1. The Labute approximate surface area is 148 Å². The molecule has 1 aromatic carbocycles. The molecule has 0 amide bonds. The van der Waals surface area contributed by atoms with Gasteiger partial charge in [-0.15, -0.1) is 0 Å². The molecule has 0 saturated heterocycles. The van der Waals surface area contributed by atoms with Gasteiger partial charge in [-0.1, -0.05) is 66.3 Å². The predicted octanol–water partition coefficient (Wildman–Crippen LogP) is 6.69. The second kappa shape index (κ2) is 6.40.